The summed E-state index contributed by atoms with van der Waals surface area (Å²) in [5, 5.41) is 0. The molecule has 1 atom stereocenters. The van der Waals surface area contributed by atoms with E-state index in [0.29, 0.717) is 0 Å². The zero-order chi connectivity index (χ0) is 5.28. The summed E-state index contributed by atoms with van der Waals surface area (Å²) >= 11 is 3.92. The van der Waals surface area contributed by atoms with Crippen molar-refractivity contribution in [3.63, 3.8) is 0 Å². The standard InChI is InChI=1S/C3H7NOS2/c5-7-3-1-2-4(7)6/h6H,1-3H2. The quantitative estimate of drug-likeness (QED) is 0.473. The first-order valence-corrected chi connectivity index (χ1v) is 3.83. The molecule has 1 aliphatic rings. The SMILES string of the molecule is O=S1CCCN1S. The molecule has 1 fully saturated rings. The molecule has 2 nitrogen and oxygen atoms in total. The molecule has 0 spiro atoms. The van der Waals surface area contributed by atoms with Crippen molar-refractivity contribution in [3.05, 3.63) is 0 Å². The van der Waals surface area contributed by atoms with Gasteiger partial charge in [0.15, 0.2) is 0 Å². The van der Waals surface area contributed by atoms with E-state index in [1.54, 1.807) is 3.71 Å². The third kappa shape index (κ3) is 1.17. The van der Waals surface area contributed by atoms with Gasteiger partial charge < -0.3 is 0 Å². The van der Waals surface area contributed by atoms with E-state index in [0.717, 1.165) is 18.7 Å². The van der Waals surface area contributed by atoms with Crippen molar-refractivity contribution in [3.8, 4) is 0 Å². The van der Waals surface area contributed by atoms with Crippen LogP contribution >= 0.6 is 12.8 Å². The lowest BCUT2D eigenvalue weighted by Gasteiger charge is -1.98. The molecule has 0 saturated carbocycles. The lowest BCUT2D eigenvalue weighted by molar-refractivity contribution is 0.658. The lowest BCUT2D eigenvalue weighted by atomic mass is 10.5. The smallest absolute Gasteiger partial charge is 0.104 e. The van der Waals surface area contributed by atoms with Crippen LogP contribution in [-0.2, 0) is 11.0 Å². The van der Waals surface area contributed by atoms with Crippen molar-refractivity contribution in [1.82, 2.24) is 3.71 Å². The van der Waals surface area contributed by atoms with Gasteiger partial charge in [0.1, 0.15) is 11.0 Å². The molecule has 1 unspecified atom stereocenters. The second-order valence-corrected chi connectivity index (χ2v) is 3.70. The Morgan fingerprint density at radius 3 is 2.57 bits per heavy atom. The van der Waals surface area contributed by atoms with Crippen LogP contribution in [-0.4, -0.2) is 20.2 Å². The van der Waals surface area contributed by atoms with Gasteiger partial charge in [-0.2, -0.15) is 3.71 Å². The fraction of sp³-hybridized carbons (Fsp3) is 1.00. The first-order chi connectivity index (χ1) is 3.30. The maximum Gasteiger partial charge on any atom is 0.104 e. The summed E-state index contributed by atoms with van der Waals surface area (Å²) in [4.78, 5) is 0. The molecule has 1 rings (SSSR count). The third-order valence-electron chi connectivity index (χ3n) is 0.903. The van der Waals surface area contributed by atoms with E-state index in [1.807, 2.05) is 0 Å². The highest BCUT2D eigenvalue weighted by Crippen LogP contribution is 2.09. The average Bonchev–Trinajstić information content (AvgIpc) is 1.91. The van der Waals surface area contributed by atoms with Gasteiger partial charge in [-0.05, 0) is 6.42 Å². The van der Waals surface area contributed by atoms with E-state index in [-0.39, 0.29) is 0 Å². The number of nitrogens with zero attached hydrogens (tertiary/aromatic N) is 1. The second-order valence-electron chi connectivity index (χ2n) is 1.45. The molecular formula is C3H7NOS2. The molecule has 0 bridgehead atoms. The molecule has 0 radical (unpaired) electrons. The molecular weight excluding hydrogens is 130 g/mol. The number of hydrogen-bond donors (Lipinski definition) is 1. The average molecular weight is 137 g/mol. The highest BCUT2D eigenvalue weighted by Gasteiger charge is 2.14. The molecule has 0 amide bonds. The Balaban J connectivity index is 2.48. The van der Waals surface area contributed by atoms with Gasteiger partial charge in [-0.15, -0.1) is 0 Å². The van der Waals surface area contributed by atoms with Gasteiger partial charge in [0.25, 0.3) is 0 Å². The zero-order valence-electron chi connectivity index (χ0n) is 3.83. The van der Waals surface area contributed by atoms with Crippen LogP contribution in [0.2, 0.25) is 0 Å². The topological polar surface area (TPSA) is 20.3 Å². The van der Waals surface area contributed by atoms with E-state index in [1.165, 1.54) is 0 Å². The molecule has 42 valence electrons. The molecule has 0 N–H and O–H groups in total. The predicted molar refractivity (Wildman–Crippen MR) is 33.3 cm³/mol. The van der Waals surface area contributed by atoms with Crippen molar-refractivity contribution in [1.29, 1.82) is 0 Å². The summed E-state index contributed by atoms with van der Waals surface area (Å²) < 4.78 is 12.1. The molecule has 0 aromatic carbocycles. The Hall–Kier alpha value is 0.460. The lowest BCUT2D eigenvalue weighted by Crippen LogP contribution is -2.06. The summed E-state index contributed by atoms with van der Waals surface area (Å²) in [6.07, 6.45) is 1.02. The van der Waals surface area contributed by atoms with Gasteiger partial charge >= 0.3 is 0 Å². The van der Waals surface area contributed by atoms with Gasteiger partial charge in [0.05, 0.1) is 0 Å². The van der Waals surface area contributed by atoms with Crippen LogP contribution in [0.15, 0.2) is 0 Å². The van der Waals surface area contributed by atoms with Crippen molar-refractivity contribution in [2.75, 3.05) is 12.3 Å². The zero-order valence-corrected chi connectivity index (χ0v) is 5.54. The number of thiol groups is 1. The van der Waals surface area contributed by atoms with E-state index in [2.05, 4.69) is 12.8 Å². The molecule has 7 heavy (non-hydrogen) atoms. The molecule has 1 heterocycles. The van der Waals surface area contributed by atoms with Crippen LogP contribution in [0.1, 0.15) is 6.42 Å². The minimum absolute atomic E-state index is 0.770. The Bertz CT molecular complexity index is 94.9. The second kappa shape index (κ2) is 2.15. The van der Waals surface area contributed by atoms with E-state index < -0.39 is 11.0 Å². The van der Waals surface area contributed by atoms with Crippen LogP contribution in [0.4, 0.5) is 0 Å². The highest BCUT2D eigenvalue weighted by atomic mass is 32.2. The maximum absolute atomic E-state index is 10.5. The van der Waals surface area contributed by atoms with E-state index in [9.17, 15) is 4.21 Å². The third-order valence-corrected chi connectivity index (χ3v) is 2.94. The first-order valence-electron chi connectivity index (χ1n) is 2.15. The van der Waals surface area contributed by atoms with Crippen LogP contribution in [0.3, 0.4) is 0 Å². The van der Waals surface area contributed by atoms with Gasteiger partial charge in [-0.1, -0.05) is 12.8 Å². The molecule has 0 aliphatic carbocycles. The fourth-order valence-electron chi connectivity index (χ4n) is 0.530. The number of rotatable bonds is 0. The molecule has 0 aromatic rings. The fourth-order valence-corrected chi connectivity index (χ4v) is 1.84. The molecule has 1 saturated heterocycles. The minimum Gasteiger partial charge on any atom is -0.242 e. The van der Waals surface area contributed by atoms with Crippen molar-refractivity contribution in [2.24, 2.45) is 0 Å². The summed E-state index contributed by atoms with van der Waals surface area (Å²) in [5.74, 6) is 0.795. The van der Waals surface area contributed by atoms with Crippen molar-refractivity contribution >= 4 is 23.8 Å². The van der Waals surface area contributed by atoms with Crippen LogP contribution in [0.25, 0.3) is 0 Å². The van der Waals surface area contributed by atoms with Gasteiger partial charge in [-0.3, -0.25) is 0 Å². The van der Waals surface area contributed by atoms with Gasteiger partial charge in [0, 0.05) is 12.3 Å². The minimum atomic E-state index is -0.770. The Labute approximate surface area is 51.0 Å². The monoisotopic (exact) mass is 137 g/mol. The molecule has 1 aliphatic heterocycles. The van der Waals surface area contributed by atoms with Crippen LogP contribution in [0, 0.1) is 0 Å². The maximum atomic E-state index is 10.5. The van der Waals surface area contributed by atoms with Gasteiger partial charge in [0.2, 0.25) is 0 Å². The van der Waals surface area contributed by atoms with E-state index in [4.69, 9.17) is 0 Å². The summed E-state index contributed by atoms with van der Waals surface area (Å²) in [6.45, 7) is 0.871. The van der Waals surface area contributed by atoms with Crippen LogP contribution in [0.5, 0.6) is 0 Å². The predicted octanol–water partition coefficient (Wildman–Crippen LogP) is 0.201. The summed E-state index contributed by atoms with van der Waals surface area (Å²) in [6, 6.07) is 0. The Morgan fingerprint density at radius 1 is 1.71 bits per heavy atom. The van der Waals surface area contributed by atoms with Crippen LogP contribution < -0.4 is 0 Å². The molecule has 4 heteroatoms. The van der Waals surface area contributed by atoms with Crippen molar-refractivity contribution < 1.29 is 4.21 Å². The highest BCUT2D eigenvalue weighted by molar-refractivity contribution is 7.96. The van der Waals surface area contributed by atoms with Crippen molar-refractivity contribution in [2.45, 2.75) is 6.42 Å². The normalized spacial score (nSPS) is 34.1. The number of hydrogen-bond acceptors (Lipinski definition) is 2. The largest absolute Gasteiger partial charge is 0.242 e. The van der Waals surface area contributed by atoms with Gasteiger partial charge in [-0.25, -0.2) is 4.21 Å². The Morgan fingerprint density at radius 2 is 2.43 bits per heavy atom. The summed E-state index contributed by atoms with van der Waals surface area (Å²) in [5.41, 5.74) is 0. The van der Waals surface area contributed by atoms with E-state index >= 15 is 0 Å². The molecule has 0 aromatic heterocycles. The Kier molecular flexibility index (Phi) is 1.72. The first kappa shape index (κ1) is 5.59. The summed E-state index contributed by atoms with van der Waals surface area (Å²) in [7, 11) is -0.770.